The number of aliphatic hydroxyl groups is 1. The van der Waals surface area contributed by atoms with Crippen LogP contribution in [0.25, 0.3) is 0 Å². The smallest absolute Gasteiger partial charge is 0.110 e. The highest BCUT2D eigenvalue weighted by Crippen LogP contribution is 2.24. The lowest BCUT2D eigenvalue weighted by atomic mass is 9.97. The molecule has 4 heteroatoms. The van der Waals surface area contributed by atoms with Crippen LogP contribution in [-0.4, -0.2) is 44.3 Å². The zero-order chi connectivity index (χ0) is 14.1. The average molecular weight is 277 g/mol. The van der Waals surface area contributed by atoms with Gasteiger partial charge in [-0.3, -0.25) is 4.90 Å². The van der Waals surface area contributed by atoms with Crippen LogP contribution >= 0.6 is 0 Å². The summed E-state index contributed by atoms with van der Waals surface area (Å²) >= 11 is 0. The molecule has 0 radical (unpaired) electrons. The molecule has 4 nitrogen and oxygen atoms in total. The predicted molar refractivity (Wildman–Crippen MR) is 79.7 cm³/mol. The van der Waals surface area contributed by atoms with E-state index in [1.807, 2.05) is 6.20 Å². The zero-order valence-corrected chi connectivity index (χ0v) is 12.8. The number of nitrogens with zero attached hydrogens (tertiary/aromatic N) is 3. The van der Waals surface area contributed by atoms with E-state index >= 15 is 0 Å². The lowest BCUT2D eigenvalue weighted by molar-refractivity contribution is 0.105. The number of aryl methyl sites for hydroxylation is 1. The van der Waals surface area contributed by atoms with Gasteiger partial charge in [0.2, 0.25) is 0 Å². The topological polar surface area (TPSA) is 41.3 Å². The summed E-state index contributed by atoms with van der Waals surface area (Å²) in [6.07, 6.45) is 8.65. The molecule has 2 atom stereocenters. The first-order chi connectivity index (χ1) is 9.65. The Morgan fingerprint density at radius 1 is 1.35 bits per heavy atom. The van der Waals surface area contributed by atoms with Gasteiger partial charge in [0.1, 0.15) is 5.82 Å². The zero-order valence-electron chi connectivity index (χ0n) is 12.8. The van der Waals surface area contributed by atoms with Crippen LogP contribution in [-0.2, 0) is 19.4 Å². The van der Waals surface area contributed by atoms with Crippen molar-refractivity contribution >= 4 is 0 Å². The van der Waals surface area contributed by atoms with Crippen molar-refractivity contribution in [1.82, 2.24) is 14.5 Å². The second kappa shape index (κ2) is 5.86. The van der Waals surface area contributed by atoms with Gasteiger partial charge in [-0.25, -0.2) is 4.98 Å². The van der Waals surface area contributed by atoms with Gasteiger partial charge in [-0.1, -0.05) is 6.42 Å². The van der Waals surface area contributed by atoms with E-state index in [4.69, 9.17) is 0 Å². The third kappa shape index (κ3) is 2.77. The largest absolute Gasteiger partial charge is 0.391 e. The molecule has 1 saturated heterocycles. The fourth-order valence-corrected chi connectivity index (χ4v) is 3.79. The minimum absolute atomic E-state index is 0.192. The van der Waals surface area contributed by atoms with Crippen LogP contribution < -0.4 is 0 Å². The Morgan fingerprint density at radius 2 is 2.20 bits per heavy atom. The second-order valence-electron chi connectivity index (χ2n) is 6.65. The number of hydrogen-bond acceptors (Lipinski definition) is 3. The van der Waals surface area contributed by atoms with Crippen molar-refractivity contribution in [2.45, 2.75) is 77.1 Å². The van der Waals surface area contributed by atoms with Crippen molar-refractivity contribution in [1.29, 1.82) is 0 Å². The Balaban J connectivity index is 1.75. The molecular formula is C16H27N3O. The van der Waals surface area contributed by atoms with Gasteiger partial charge in [-0.15, -0.1) is 0 Å². The summed E-state index contributed by atoms with van der Waals surface area (Å²) in [7, 11) is 0. The molecule has 0 aliphatic carbocycles. The molecule has 0 aromatic carbocycles. The van der Waals surface area contributed by atoms with Crippen LogP contribution in [0.15, 0.2) is 6.20 Å². The molecule has 1 aromatic rings. The Kier molecular flexibility index (Phi) is 4.13. The third-order valence-corrected chi connectivity index (χ3v) is 4.90. The molecule has 0 bridgehead atoms. The quantitative estimate of drug-likeness (QED) is 0.918. The fourth-order valence-electron chi connectivity index (χ4n) is 3.79. The van der Waals surface area contributed by atoms with Gasteiger partial charge in [-0.2, -0.15) is 0 Å². The van der Waals surface area contributed by atoms with E-state index in [-0.39, 0.29) is 6.10 Å². The first-order valence-corrected chi connectivity index (χ1v) is 8.12. The number of aromatic nitrogens is 2. The van der Waals surface area contributed by atoms with E-state index in [0.717, 1.165) is 25.8 Å². The van der Waals surface area contributed by atoms with E-state index in [1.165, 1.54) is 37.3 Å². The van der Waals surface area contributed by atoms with Crippen LogP contribution in [0.3, 0.4) is 0 Å². The highest BCUT2D eigenvalue weighted by Gasteiger charge is 2.27. The van der Waals surface area contributed by atoms with Gasteiger partial charge in [0.05, 0.1) is 12.6 Å². The molecule has 20 heavy (non-hydrogen) atoms. The first-order valence-electron chi connectivity index (χ1n) is 8.12. The normalized spacial score (nSPS) is 27.8. The van der Waals surface area contributed by atoms with Gasteiger partial charge < -0.3 is 9.67 Å². The van der Waals surface area contributed by atoms with Gasteiger partial charge in [0.15, 0.2) is 0 Å². The van der Waals surface area contributed by atoms with Crippen molar-refractivity contribution in [3.8, 4) is 0 Å². The number of aliphatic hydroxyl groups excluding tert-OH is 1. The molecule has 2 aliphatic rings. The molecule has 0 saturated carbocycles. The van der Waals surface area contributed by atoms with Crippen LogP contribution in [0.4, 0.5) is 0 Å². The summed E-state index contributed by atoms with van der Waals surface area (Å²) in [6.45, 7) is 6.55. The third-order valence-electron chi connectivity index (χ3n) is 4.90. The summed E-state index contributed by atoms with van der Waals surface area (Å²) in [5, 5.41) is 9.89. The van der Waals surface area contributed by atoms with Crippen LogP contribution in [0.2, 0.25) is 0 Å². The summed E-state index contributed by atoms with van der Waals surface area (Å²) in [5.41, 5.74) is 1.30. The number of likely N-dealkylation sites (tertiary alicyclic amines) is 1. The number of rotatable bonds is 3. The average Bonchev–Trinajstić information content (AvgIpc) is 2.82. The first kappa shape index (κ1) is 14.1. The van der Waals surface area contributed by atoms with Crippen molar-refractivity contribution in [3.63, 3.8) is 0 Å². The molecule has 3 heterocycles. The molecular weight excluding hydrogens is 250 g/mol. The van der Waals surface area contributed by atoms with E-state index in [9.17, 15) is 5.11 Å². The fraction of sp³-hybridized carbons (Fsp3) is 0.812. The Morgan fingerprint density at radius 3 is 3.00 bits per heavy atom. The van der Waals surface area contributed by atoms with Crippen molar-refractivity contribution in [2.24, 2.45) is 0 Å². The monoisotopic (exact) mass is 277 g/mol. The molecule has 112 valence electrons. The maximum Gasteiger partial charge on any atom is 0.110 e. The highest BCUT2D eigenvalue weighted by atomic mass is 16.3. The second-order valence-corrected chi connectivity index (χ2v) is 6.65. The maximum atomic E-state index is 9.89. The lowest BCUT2D eigenvalue weighted by Gasteiger charge is -2.38. The van der Waals surface area contributed by atoms with Gasteiger partial charge in [-0.05, 0) is 46.1 Å². The maximum absolute atomic E-state index is 9.89. The van der Waals surface area contributed by atoms with Crippen LogP contribution in [0, 0.1) is 0 Å². The van der Waals surface area contributed by atoms with Crippen molar-refractivity contribution in [3.05, 3.63) is 17.7 Å². The Hall–Kier alpha value is -0.870. The molecule has 1 N–H and O–H groups in total. The van der Waals surface area contributed by atoms with E-state index < -0.39 is 0 Å². The van der Waals surface area contributed by atoms with Crippen molar-refractivity contribution in [2.75, 3.05) is 6.54 Å². The Labute approximate surface area is 121 Å². The van der Waals surface area contributed by atoms with E-state index in [2.05, 4.69) is 28.3 Å². The summed E-state index contributed by atoms with van der Waals surface area (Å²) in [5.74, 6) is 1.18. The predicted octanol–water partition coefficient (Wildman–Crippen LogP) is 2.00. The van der Waals surface area contributed by atoms with Crippen LogP contribution in [0.1, 0.15) is 51.0 Å². The standard InChI is InChI=1S/C16H27N3O/c1-12(2)18-8-4-3-5-13(18)9-16-17-10-14-6-7-15(20)11-19(14)16/h10,12-13,15,20H,3-9,11H2,1-2H3. The van der Waals surface area contributed by atoms with Gasteiger partial charge in [0, 0.05) is 30.4 Å². The van der Waals surface area contributed by atoms with Gasteiger partial charge >= 0.3 is 0 Å². The molecule has 1 fully saturated rings. The molecule has 2 unspecified atom stereocenters. The molecule has 0 spiro atoms. The summed E-state index contributed by atoms with van der Waals surface area (Å²) < 4.78 is 2.27. The van der Waals surface area contributed by atoms with E-state index in [1.54, 1.807) is 0 Å². The van der Waals surface area contributed by atoms with Crippen molar-refractivity contribution < 1.29 is 5.11 Å². The highest BCUT2D eigenvalue weighted by molar-refractivity contribution is 5.10. The number of fused-ring (bicyclic) bond motifs is 1. The summed E-state index contributed by atoms with van der Waals surface area (Å²) in [4.78, 5) is 7.27. The number of piperidine rings is 1. The molecule has 3 rings (SSSR count). The minimum atomic E-state index is -0.192. The lowest BCUT2D eigenvalue weighted by Crippen LogP contribution is -2.45. The summed E-state index contributed by atoms with van der Waals surface area (Å²) in [6, 6.07) is 1.23. The Bertz CT molecular complexity index is 455. The number of imidazole rings is 1. The number of hydrogen-bond donors (Lipinski definition) is 1. The SMILES string of the molecule is CC(C)N1CCCCC1Cc1ncc2n1CC(O)CC2. The molecule has 1 aromatic heterocycles. The van der Waals surface area contributed by atoms with E-state index in [0.29, 0.717) is 12.1 Å². The van der Waals surface area contributed by atoms with Gasteiger partial charge in [0.25, 0.3) is 0 Å². The molecule has 0 amide bonds. The van der Waals surface area contributed by atoms with Crippen LogP contribution in [0.5, 0.6) is 0 Å². The molecule has 2 aliphatic heterocycles. The minimum Gasteiger partial charge on any atom is -0.391 e.